The molecule has 1 amide bonds. The van der Waals surface area contributed by atoms with E-state index in [4.69, 9.17) is 15.5 Å². The zero-order valence-electron chi connectivity index (χ0n) is 20.3. The maximum Gasteiger partial charge on any atom is 0.256 e. The Hall–Kier alpha value is -4.55. The quantitative estimate of drug-likeness (QED) is 0.323. The zero-order valence-corrected chi connectivity index (χ0v) is 20.3. The van der Waals surface area contributed by atoms with E-state index in [0.29, 0.717) is 28.2 Å². The standard InChI is InChI=1S/C26H25N9O3/c27-24-22-18(35-10-1-7-30-35)13-34(25(22)29-14-28-24)21-12-19(36)23(38-21)26(37)31-16-5-3-15-4-6-20(32-17(15)11-16)33-8-2-9-33/h1,3-7,10-11,13-14,19,21,23,36H,2,8-9,12H2,(H,31,37)(H2,27,28,29)/t19-,21+,23-/m0/s1. The predicted octanol–water partition coefficient (Wildman–Crippen LogP) is 2.24. The molecule has 6 heterocycles. The molecule has 7 rings (SSSR count). The van der Waals surface area contributed by atoms with Crippen molar-refractivity contribution in [3.63, 3.8) is 0 Å². The second-order valence-corrected chi connectivity index (χ2v) is 9.55. The molecule has 2 saturated heterocycles. The number of aliphatic hydroxyl groups is 1. The van der Waals surface area contributed by atoms with Crippen LogP contribution in [0.25, 0.3) is 27.6 Å². The van der Waals surface area contributed by atoms with Gasteiger partial charge in [0.15, 0.2) is 6.10 Å². The number of fused-ring (bicyclic) bond motifs is 2. The highest BCUT2D eigenvalue weighted by atomic mass is 16.5. The monoisotopic (exact) mass is 511 g/mol. The fourth-order valence-electron chi connectivity index (χ4n) is 5.07. The fraction of sp³-hybridized carbons (Fsp3) is 0.269. The zero-order chi connectivity index (χ0) is 25.8. The van der Waals surface area contributed by atoms with Crippen molar-refractivity contribution in [3.8, 4) is 5.69 Å². The number of carbonyl (C=O) groups excluding carboxylic acids is 1. The molecule has 0 spiro atoms. The summed E-state index contributed by atoms with van der Waals surface area (Å²) in [5.41, 5.74) is 8.75. The molecule has 5 aromatic rings. The van der Waals surface area contributed by atoms with Crippen LogP contribution in [-0.4, -0.2) is 65.6 Å². The molecule has 2 aliphatic heterocycles. The SMILES string of the molecule is Nc1ncnc2c1c(-n1cccn1)cn2[C@H]1C[C@H](O)[C@@H](C(=O)Nc2ccc3ccc(N4CCC4)nc3c2)O1. The molecule has 4 aromatic heterocycles. The summed E-state index contributed by atoms with van der Waals surface area (Å²) >= 11 is 0. The van der Waals surface area contributed by atoms with Crippen LogP contribution in [0.1, 0.15) is 19.1 Å². The number of nitrogens with one attached hydrogen (secondary N) is 1. The molecule has 1 aromatic carbocycles. The summed E-state index contributed by atoms with van der Waals surface area (Å²) in [6.45, 7) is 2.01. The van der Waals surface area contributed by atoms with Crippen molar-refractivity contribution in [1.29, 1.82) is 0 Å². The minimum absolute atomic E-state index is 0.197. The van der Waals surface area contributed by atoms with Gasteiger partial charge in [0, 0.05) is 49.2 Å². The van der Waals surface area contributed by atoms with Gasteiger partial charge < -0.3 is 30.4 Å². The van der Waals surface area contributed by atoms with E-state index in [1.807, 2.05) is 30.3 Å². The van der Waals surface area contributed by atoms with E-state index in [-0.39, 0.29) is 6.42 Å². The van der Waals surface area contributed by atoms with E-state index in [2.05, 4.69) is 25.3 Å². The number of nitrogens with two attached hydrogens (primary N) is 1. The molecule has 0 aliphatic carbocycles. The lowest BCUT2D eigenvalue weighted by molar-refractivity contribution is -0.132. The Labute approximate surface area is 216 Å². The number of aromatic nitrogens is 6. The highest BCUT2D eigenvalue weighted by molar-refractivity contribution is 5.97. The minimum atomic E-state index is -1.07. The number of hydrogen-bond acceptors (Lipinski definition) is 9. The molecular weight excluding hydrogens is 486 g/mol. The van der Waals surface area contributed by atoms with Gasteiger partial charge in [-0.1, -0.05) is 6.07 Å². The van der Waals surface area contributed by atoms with Gasteiger partial charge in [0.1, 0.15) is 29.8 Å². The Morgan fingerprint density at radius 1 is 1.18 bits per heavy atom. The molecule has 0 radical (unpaired) electrons. The normalized spacial score (nSPS) is 21.2. The van der Waals surface area contributed by atoms with Gasteiger partial charge in [-0.3, -0.25) is 4.79 Å². The third-order valence-electron chi connectivity index (χ3n) is 7.16. The Kier molecular flexibility index (Phi) is 5.23. The van der Waals surface area contributed by atoms with Crippen molar-refractivity contribution in [2.24, 2.45) is 0 Å². The van der Waals surface area contributed by atoms with Crippen LogP contribution in [0.15, 0.2) is 61.3 Å². The average Bonchev–Trinajstić information content (AvgIpc) is 3.61. The van der Waals surface area contributed by atoms with Crippen molar-refractivity contribution in [2.45, 2.75) is 31.3 Å². The lowest BCUT2D eigenvalue weighted by Gasteiger charge is -2.32. The van der Waals surface area contributed by atoms with E-state index < -0.39 is 24.3 Å². The average molecular weight is 512 g/mol. The van der Waals surface area contributed by atoms with Crippen molar-refractivity contribution in [2.75, 3.05) is 29.0 Å². The Bertz CT molecular complexity index is 1660. The summed E-state index contributed by atoms with van der Waals surface area (Å²) in [5, 5.41) is 19.6. The molecule has 12 heteroatoms. The largest absolute Gasteiger partial charge is 0.390 e. The molecule has 2 fully saturated rings. The summed E-state index contributed by atoms with van der Waals surface area (Å²) in [7, 11) is 0. The molecule has 0 bridgehead atoms. The smallest absolute Gasteiger partial charge is 0.256 e. The number of benzene rings is 1. The second-order valence-electron chi connectivity index (χ2n) is 9.55. The number of nitrogens with zero attached hydrogens (tertiary/aromatic N) is 7. The molecule has 0 saturated carbocycles. The molecule has 38 heavy (non-hydrogen) atoms. The van der Waals surface area contributed by atoms with Crippen LogP contribution >= 0.6 is 0 Å². The van der Waals surface area contributed by atoms with E-state index in [9.17, 15) is 9.90 Å². The Balaban J connectivity index is 1.14. The number of amides is 1. The van der Waals surface area contributed by atoms with Gasteiger partial charge in [-0.25, -0.2) is 19.6 Å². The van der Waals surface area contributed by atoms with Crippen LogP contribution in [-0.2, 0) is 9.53 Å². The summed E-state index contributed by atoms with van der Waals surface area (Å²) < 4.78 is 9.50. The number of rotatable bonds is 5. The van der Waals surface area contributed by atoms with E-state index in [0.717, 1.165) is 29.8 Å². The van der Waals surface area contributed by atoms with Crippen molar-refractivity contribution < 1.29 is 14.6 Å². The highest BCUT2D eigenvalue weighted by Crippen LogP contribution is 2.36. The lowest BCUT2D eigenvalue weighted by atomic mass is 10.1. The number of anilines is 3. The van der Waals surface area contributed by atoms with Crippen LogP contribution in [0.5, 0.6) is 0 Å². The van der Waals surface area contributed by atoms with Crippen LogP contribution in [0.4, 0.5) is 17.3 Å². The summed E-state index contributed by atoms with van der Waals surface area (Å²) in [6, 6.07) is 11.4. The number of carbonyl (C=O) groups is 1. The third-order valence-corrected chi connectivity index (χ3v) is 7.16. The third kappa shape index (κ3) is 3.73. The van der Waals surface area contributed by atoms with Crippen molar-refractivity contribution in [3.05, 3.63) is 61.3 Å². The van der Waals surface area contributed by atoms with Gasteiger partial charge in [-0.05, 0) is 36.8 Å². The van der Waals surface area contributed by atoms with Crippen molar-refractivity contribution in [1.82, 2.24) is 29.3 Å². The van der Waals surface area contributed by atoms with Gasteiger partial charge in [0.2, 0.25) is 0 Å². The number of nitrogen functional groups attached to an aromatic ring is 1. The molecular formula is C26H25N9O3. The maximum atomic E-state index is 13.2. The molecule has 4 N–H and O–H groups in total. The number of ether oxygens (including phenoxy) is 1. The van der Waals surface area contributed by atoms with Gasteiger partial charge in [0.25, 0.3) is 5.91 Å². The number of pyridine rings is 1. The molecule has 0 unspecified atom stereocenters. The molecule has 192 valence electrons. The number of aliphatic hydroxyl groups excluding tert-OH is 1. The summed E-state index contributed by atoms with van der Waals surface area (Å²) in [6.07, 6.45) is 5.27. The van der Waals surface area contributed by atoms with Crippen LogP contribution in [0, 0.1) is 0 Å². The predicted molar refractivity (Wildman–Crippen MR) is 141 cm³/mol. The van der Waals surface area contributed by atoms with Gasteiger partial charge in [-0.15, -0.1) is 0 Å². The van der Waals surface area contributed by atoms with Crippen LogP contribution in [0.2, 0.25) is 0 Å². The van der Waals surface area contributed by atoms with Gasteiger partial charge in [-0.2, -0.15) is 5.10 Å². The van der Waals surface area contributed by atoms with Crippen molar-refractivity contribution >= 4 is 45.2 Å². The molecule has 2 aliphatic rings. The van der Waals surface area contributed by atoms with Crippen LogP contribution in [0.3, 0.4) is 0 Å². The fourth-order valence-corrected chi connectivity index (χ4v) is 5.07. The second kappa shape index (κ2) is 8.78. The number of hydrogen-bond donors (Lipinski definition) is 3. The topological polar surface area (TPSA) is 149 Å². The van der Waals surface area contributed by atoms with E-state index >= 15 is 0 Å². The van der Waals surface area contributed by atoms with E-state index in [1.165, 1.54) is 12.7 Å². The highest BCUT2D eigenvalue weighted by Gasteiger charge is 2.40. The first-order valence-corrected chi connectivity index (χ1v) is 12.5. The maximum absolute atomic E-state index is 13.2. The molecule has 3 atom stereocenters. The van der Waals surface area contributed by atoms with E-state index in [1.54, 1.807) is 33.9 Å². The first-order chi connectivity index (χ1) is 18.5. The first kappa shape index (κ1) is 22.6. The summed E-state index contributed by atoms with van der Waals surface area (Å²) in [5.74, 6) is 0.799. The van der Waals surface area contributed by atoms with Gasteiger partial charge in [0.05, 0.1) is 22.7 Å². The minimum Gasteiger partial charge on any atom is -0.390 e. The Morgan fingerprint density at radius 2 is 2.05 bits per heavy atom. The Morgan fingerprint density at radius 3 is 2.84 bits per heavy atom. The van der Waals surface area contributed by atoms with Gasteiger partial charge >= 0.3 is 0 Å². The molecule has 12 nitrogen and oxygen atoms in total. The first-order valence-electron chi connectivity index (χ1n) is 12.5. The summed E-state index contributed by atoms with van der Waals surface area (Å²) in [4.78, 5) is 28.7. The lowest BCUT2D eigenvalue weighted by Crippen LogP contribution is -2.37. The van der Waals surface area contributed by atoms with Crippen LogP contribution < -0.4 is 16.0 Å².